The predicted molar refractivity (Wildman–Crippen MR) is 50.0 cm³/mol. The number of hydrogen-bond donors (Lipinski definition) is 0. The second kappa shape index (κ2) is 5.12. The average Bonchev–Trinajstić information content (AvgIpc) is 1.90. The van der Waals surface area contributed by atoms with Gasteiger partial charge in [0.15, 0.2) is 0 Å². The van der Waals surface area contributed by atoms with E-state index in [2.05, 4.69) is 35.7 Å². The summed E-state index contributed by atoms with van der Waals surface area (Å²) in [7, 11) is 0. The molecule has 0 saturated heterocycles. The third kappa shape index (κ3) is 3.11. The smallest absolute Gasteiger partial charge is 0.0264 e. The highest BCUT2D eigenvalue weighted by Crippen LogP contribution is 2.24. The summed E-state index contributed by atoms with van der Waals surface area (Å²) >= 11 is 5.17. The molecular weight excluding hydrogens is 196 g/mol. The Morgan fingerprint density at radius 1 is 1.78 bits per heavy atom. The van der Waals surface area contributed by atoms with E-state index in [0.29, 0.717) is 0 Å². The Balaban J connectivity index is 4.17. The van der Waals surface area contributed by atoms with E-state index < -0.39 is 0 Å². The van der Waals surface area contributed by atoms with E-state index in [0.717, 1.165) is 10.9 Å². The van der Waals surface area contributed by atoms with Gasteiger partial charge in [0, 0.05) is 4.48 Å². The summed E-state index contributed by atoms with van der Waals surface area (Å²) in [6, 6.07) is 0. The van der Waals surface area contributed by atoms with Gasteiger partial charge in [-0.05, 0) is 33.5 Å². The first-order valence-electron chi connectivity index (χ1n) is 2.81. The van der Waals surface area contributed by atoms with Crippen molar-refractivity contribution < 1.29 is 0 Å². The summed E-state index contributed by atoms with van der Waals surface area (Å²) in [6.45, 7) is 5.79. The van der Waals surface area contributed by atoms with E-state index in [1.165, 1.54) is 4.91 Å². The van der Waals surface area contributed by atoms with Gasteiger partial charge in [-0.25, -0.2) is 0 Å². The first-order valence-corrected chi connectivity index (χ1v) is 4.83. The molecule has 0 aromatic heterocycles. The van der Waals surface area contributed by atoms with Gasteiger partial charge >= 0.3 is 0 Å². The quantitative estimate of drug-likeness (QED) is 0.637. The van der Waals surface area contributed by atoms with Crippen molar-refractivity contribution in [3.63, 3.8) is 0 Å². The SMILES string of the molecule is C=C/C(Br)=C(/CC)SC. The van der Waals surface area contributed by atoms with Crippen LogP contribution in [0.15, 0.2) is 22.0 Å². The Morgan fingerprint density at radius 2 is 2.33 bits per heavy atom. The highest BCUT2D eigenvalue weighted by Gasteiger charge is 1.94. The molecule has 0 amide bonds. The minimum absolute atomic E-state index is 1.08. The monoisotopic (exact) mass is 206 g/mol. The van der Waals surface area contributed by atoms with Gasteiger partial charge in [-0.2, -0.15) is 0 Å². The normalized spacial score (nSPS) is 12.8. The molecular formula is C7H11BrS. The van der Waals surface area contributed by atoms with Crippen LogP contribution >= 0.6 is 27.7 Å². The molecule has 0 heterocycles. The minimum Gasteiger partial charge on any atom is -0.133 e. The van der Waals surface area contributed by atoms with Crippen LogP contribution in [-0.2, 0) is 0 Å². The molecule has 0 aromatic carbocycles. The molecule has 0 spiro atoms. The van der Waals surface area contributed by atoms with Crippen LogP contribution in [-0.4, -0.2) is 6.26 Å². The molecule has 9 heavy (non-hydrogen) atoms. The fourth-order valence-corrected chi connectivity index (χ4v) is 1.86. The Kier molecular flexibility index (Phi) is 5.30. The van der Waals surface area contributed by atoms with Crippen LogP contribution in [0.3, 0.4) is 0 Å². The first-order chi connectivity index (χ1) is 4.26. The molecule has 0 aliphatic heterocycles. The maximum atomic E-state index is 3.66. The van der Waals surface area contributed by atoms with Gasteiger partial charge in [0.25, 0.3) is 0 Å². The van der Waals surface area contributed by atoms with Gasteiger partial charge < -0.3 is 0 Å². The Labute approximate surface area is 69.5 Å². The molecule has 0 aliphatic carbocycles. The van der Waals surface area contributed by atoms with Gasteiger partial charge in [-0.3, -0.25) is 0 Å². The number of thioether (sulfide) groups is 1. The van der Waals surface area contributed by atoms with Crippen LogP contribution < -0.4 is 0 Å². The topological polar surface area (TPSA) is 0 Å². The largest absolute Gasteiger partial charge is 0.133 e. The number of allylic oxidation sites excluding steroid dienone is 3. The molecule has 0 aromatic rings. The fraction of sp³-hybridized carbons (Fsp3) is 0.429. The zero-order valence-electron chi connectivity index (χ0n) is 5.78. The molecule has 2 heteroatoms. The zero-order valence-corrected chi connectivity index (χ0v) is 8.18. The molecule has 0 nitrogen and oxygen atoms in total. The van der Waals surface area contributed by atoms with E-state index in [4.69, 9.17) is 0 Å². The van der Waals surface area contributed by atoms with Crippen molar-refractivity contribution in [3.8, 4) is 0 Å². The zero-order chi connectivity index (χ0) is 7.28. The van der Waals surface area contributed by atoms with E-state index >= 15 is 0 Å². The summed E-state index contributed by atoms with van der Waals surface area (Å²) in [5.74, 6) is 0. The standard InChI is InChI=1S/C7H11BrS/c1-4-6(8)7(5-2)9-3/h4H,1,5H2,2-3H3/b7-6+. The van der Waals surface area contributed by atoms with E-state index in [-0.39, 0.29) is 0 Å². The molecule has 0 saturated carbocycles. The van der Waals surface area contributed by atoms with Crippen LogP contribution in [0.1, 0.15) is 13.3 Å². The minimum atomic E-state index is 1.08. The highest BCUT2D eigenvalue weighted by atomic mass is 79.9. The summed E-state index contributed by atoms with van der Waals surface area (Å²) in [6.07, 6.45) is 4.98. The lowest BCUT2D eigenvalue weighted by Gasteiger charge is -1.99. The van der Waals surface area contributed by atoms with E-state index in [1.807, 2.05) is 6.08 Å². The summed E-state index contributed by atoms with van der Waals surface area (Å²) in [5.41, 5.74) is 0. The van der Waals surface area contributed by atoms with Gasteiger partial charge in [-0.1, -0.05) is 19.6 Å². The Morgan fingerprint density at radius 3 is 2.44 bits per heavy atom. The van der Waals surface area contributed by atoms with Crippen LogP contribution in [0.25, 0.3) is 0 Å². The maximum absolute atomic E-state index is 3.66. The van der Waals surface area contributed by atoms with Crippen molar-refractivity contribution in [2.75, 3.05) is 6.26 Å². The lowest BCUT2D eigenvalue weighted by atomic mass is 10.4. The molecule has 0 aliphatic rings. The number of hydrogen-bond acceptors (Lipinski definition) is 1. The molecule has 0 unspecified atom stereocenters. The molecule has 0 bridgehead atoms. The van der Waals surface area contributed by atoms with Crippen molar-refractivity contribution in [1.82, 2.24) is 0 Å². The third-order valence-electron chi connectivity index (χ3n) is 1.01. The van der Waals surface area contributed by atoms with Gasteiger partial charge in [0.1, 0.15) is 0 Å². The van der Waals surface area contributed by atoms with Gasteiger partial charge in [-0.15, -0.1) is 11.8 Å². The van der Waals surface area contributed by atoms with Crippen molar-refractivity contribution in [2.45, 2.75) is 13.3 Å². The first kappa shape index (κ1) is 9.31. The van der Waals surface area contributed by atoms with Crippen molar-refractivity contribution in [3.05, 3.63) is 22.0 Å². The van der Waals surface area contributed by atoms with Crippen molar-refractivity contribution in [1.29, 1.82) is 0 Å². The summed E-state index contributed by atoms with van der Waals surface area (Å²) < 4.78 is 1.12. The predicted octanol–water partition coefficient (Wildman–Crippen LogP) is 3.55. The second-order valence-corrected chi connectivity index (χ2v) is 3.29. The molecule has 0 radical (unpaired) electrons. The Bertz CT molecular complexity index is 121. The van der Waals surface area contributed by atoms with Crippen molar-refractivity contribution >= 4 is 27.7 Å². The van der Waals surface area contributed by atoms with Crippen LogP contribution in [0.4, 0.5) is 0 Å². The van der Waals surface area contributed by atoms with Crippen LogP contribution in [0.5, 0.6) is 0 Å². The van der Waals surface area contributed by atoms with Crippen molar-refractivity contribution in [2.24, 2.45) is 0 Å². The summed E-state index contributed by atoms with van der Waals surface area (Å²) in [4.78, 5) is 1.35. The average molecular weight is 207 g/mol. The molecule has 0 fully saturated rings. The highest BCUT2D eigenvalue weighted by molar-refractivity contribution is 9.12. The number of rotatable bonds is 3. The molecule has 0 N–H and O–H groups in total. The number of halogens is 1. The molecule has 52 valence electrons. The van der Waals surface area contributed by atoms with E-state index in [9.17, 15) is 0 Å². The lowest BCUT2D eigenvalue weighted by molar-refractivity contribution is 1.20. The van der Waals surface area contributed by atoms with Crippen LogP contribution in [0.2, 0.25) is 0 Å². The Hall–Kier alpha value is 0.310. The third-order valence-corrected chi connectivity index (χ3v) is 3.08. The van der Waals surface area contributed by atoms with Gasteiger partial charge in [0.2, 0.25) is 0 Å². The van der Waals surface area contributed by atoms with Gasteiger partial charge in [0.05, 0.1) is 0 Å². The second-order valence-electron chi connectivity index (χ2n) is 1.53. The maximum Gasteiger partial charge on any atom is 0.0264 e. The lowest BCUT2D eigenvalue weighted by Crippen LogP contribution is -1.73. The van der Waals surface area contributed by atoms with Crippen LogP contribution in [0, 0.1) is 0 Å². The fourth-order valence-electron chi connectivity index (χ4n) is 0.525. The summed E-state index contributed by atoms with van der Waals surface area (Å²) in [5, 5.41) is 0. The molecule has 0 atom stereocenters. The van der Waals surface area contributed by atoms with E-state index in [1.54, 1.807) is 11.8 Å². The molecule has 0 rings (SSSR count).